The number of ether oxygens (including phenoxy) is 3. The Morgan fingerprint density at radius 1 is 1.22 bits per heavy atom. The minimum Gasteiger partial charge on any atom is -0.493 e. The summed E-state index contributed by atoms with van der Waals surface area (Å²) >= 11 is 1.57. The first-order valence-electron chi connectivity index (χ1n) is 8.86. The Morgan fingerprint density at radius 2 is 1.93 bits per heavy atom. The fourth-order valence-corrected chi connectivity index (χ4v) is 4.36. The number of amides is 2. The molecule has 2 atom stereocenters. The second kappa shape index (κ2) is 9.85. The first-order chi connectivity index (χ1) is 12.9. The Balaban J connectivity index is 2.30. The molecule has 2 rings (SSSR count). The van der Waals surface area contributed by atoms with Crippen LogP contribution >= 0.6 is 11.8 Å². The van der Waals surface area contributed by atoms with Crippen LogP contribution in [0.5, 0.6) is 11.5 Å². The molecule has 0 spiro atoms. The van der Waals surface area contributed by atoms with Crippen LogP contribution < -0.4 is 14.8 Å². The van der Waals surface area contributed by atoms with Crippen molar-refractivity contribution in [3.63, 3.8) is 0 Å². The van der Waals surface area contributed by atoms with Crippen LogP contribution in [0.1, 0.15) is 24.8 Å². The number of carbonyl (C=O) groups is 2. The Morgan fingerprint density at radius 3 is 2.52 bits per heavy atom. The lowest BCUT2D eigenvalue weighted by Crippen LogP contribution is -2.49. The number of methoxy groups -OCH3 is 3. The predicted molar refractivity (Wildman–Crippen MR) is 105 cm³/mol. The lowest BCUT2D eigenvalue weighted by atomic mass is 10.1. The molecule has 0 aliphatic carbocycles. The fraction of sp³-hybridized carbons (Fsp3) is 0.579. The molecule has 1 aliphatic heterocycles. The number of rotatable bonds is 8. The van der Waals surface area contributed by atoms with Crippen molar-refractivity contribution in [2.24, 2.45) is 5.92 Å². The van der Waals surface area contributed by atoms with E-state index in [1.807, 2.05) is 32.0 Å². The van der Waals surface area contributed by atoms with Crippen molar-refractivity contribution in [3.05, 3.63) is 23.8 Å². The highest BCUT2D eigenvalue weighted by Gasteiger charge is 2.42. The minimum absolute atomic E-state index is 0.0494. The molecule has 1 aromatic carbocycles. The van der Waals surface area contributed by atoms with E-state index in [-0.39, 0.29) is 23.1 Å². The summed E-state index contributed by atoms with van der Waals surface area (Å²) in [5.74, 6) is 1.35. The van der Waals surface area contributed by atoms with Crippen LogP contribution in [0.15, 0.2) is 18.2 Å². The molecule has 0 saturated carbocycles. The third-order valence-corrected chi connectivity index (χ3v) is 5.67. The Kier molecular flexibility index (Phi) is 7.79. The van der Waals surface area contributed by atoms with Gasteiger partial charge < -0.3 is 24.4 Å². The van der Waals surface area contributed by atoms with Crippen molar-refractivity contribution in [2.75, 3.05) is 40.2 Å². The molecule has 27 heavy (non-hydrogen) atoms. The summed E-state index contributed by atoms with van der Waals surface area (Å²) in [6.45, 7) is 4.54. The highest BCUT2D eigenvalue weighted by atomic mass is 32.2. The van der Waals surface area contributed by atoms with Gasteiger partial charge in [0.15, 0.2) is 11.5 Å². The summed E-state index contributed by atoms with van der Waals surface area (Å²) in [6.07, 6.45) is 0. The molecule has 1 aliphatic rings. The molecular weight excluding hydrogens is 368 g/mol. The van der Waals surface area contributed by atoms with E-state index in [9.17, 15) is 9.59 Å². The summed E-state index contributed by atoms with van der Waals surface area (Å²) in [5, 5.41) is 2.59. The smallest absolute Gasteiger partial charge is 0.243 e. The Labute approximate surface area is 164 Å². The van der Waals surface area contributed by atoms with E-state index in [0.29, 0.717) is 30.4 Å². The van der Waals surface area contributed by atoms with Crippen molar-refractivity contribution in [3.8, 4) is 11.5 Å². The van der Waals surface area contributed by atoms with E-state index in [1.165, 1.54) is 0 Å². The first kappa shape index (κ1) is 21.4. The van der Waals surface area contributed by atoms with Crippen molar-refractivity contribution in [1.82, 2.24) is 10.2 Å². The zero-order valence-corrected chi connectivity index (χ0v) is 17.3. The number of benzene rings is 1. The number of thioether (sulfide) groups is 1. The lowest BCUT2D eigenvalue weighted by molar-refractivity contribution is -0.142. The molecule has 7 nitrogen and oxygen atoms in total. The van der Waals surface area contributed by atoms with Gasteiger partial charge >= 0.3 is 0 Å². The molecule has 1 fully saturated rings. The predicted octanol–water partition coefficient (Wildman–Crippen LogP) is 2.06. The van der Waals surface area contributed by atoms with Crippen molar-refractivity contribution in [1.29, 1.82) is 0 Å². The molecular formula is C19H28N2O5S. The van der Waals surface area contributed by atoms with Gasteiger partial charge in [-0.3, -0.25) is 9.59 Å². The van der Waals surface area contributed by atoms with E-state index >= 15 is 0 Å². The first-order valence-corrected chi connectivity index (χ1v) is 9.91. The van der Waals surface area contributed by atoms with E-state index < -0.39 is 6.04 Å². The molecule has 0 bridgehead atoms. The van der Waals surface area contributed by atoms with Gasteiger partial charge in [-0.1, -0.05) is 19.9 Å². The van der Waals surface area contributed by atoms with Crippen LogP contribution in [0.4, 0.5) is 0 Å². The average Bonchev–Trinajstić information content (AvgIpc) is 3.11. The molecule has 0 aromatic heterocycles. The number of hydrogen-bond donors (Lipinski definition) is 1. The minimum atomic E-state index is -0.514. The summed E-state index contributed by atoms with van der Waals surface area (Å²) in [6, 6.07) is 5.08. The van der Waals surface area contributed by atoms with Crippen LogP contribution in [-0.2, 0) is 14.3 Å². The highest BCUT2D eigenvalue weighted by Crippen LogP contribution is 2.44. The number of nitrogens with zero attached hydrogens (tertiary/aromatic N) is 1. The largest absolute Gasteiger partial charge is 0.493 e. The van der Waals surface area contributed by atoms with Crippen molar-refractivity contribution in [2.45, 2.75) is 25.3 Å². The zero-order chi connectivity index (χ0) is 20.0. The van der Waals surface area contributed by atoms with Crippen molar-refractivity contribution >= 4 is 23.6 Å². The van der Waals surface area contributed by atoms with E-state index in [2.05, 4.69) is 5.32 Å². The third kappa shape index (κ3) is 4.87. The summed E-state index contributed by atoms with van der Waals surface area (Å²) < 4.78 is 15.7. The normalized spacial score (nSPS) is 19.3. The Bertz CT molecular complexity index is 668. The number of nitrogens with one attached hydrogen (secondary N) is 1. The summed E-state index contributed by atoms with van der Waals surface area (Å²) in [5.41, 5.74) is 0.902. The molecule has 150 valence electrons. The SMILES string of the molecule is COCCNC(=O)[C@H]1CS[C@H](c2ccc(OC)c(OC)c2)N1C(=O)C(C)C. The van der Waals surface area contributed by atoms with E-state index in [4.69, 9.17) is 14.2 Å². The van der Waals surface area contributed by atoms with Crippen LogP contribution in [0.25, 0.3) is 0 Å². The molecule has 1 heterocycles. The number of hydrogen-bond acceptors (Lipinski definition) is 6. The number of carbonyl (C=O) groups excluding carboxylic acids is 2. The summed E-state index contributed by atoms with van der Waals surface area (Å²) in [7, 11) is 4.74. The van der Waals surface area contributed by atoms with Gasteiger partial charge in [0.2, 0.25) is 11.8 Å². The second-order valence-electron chi connectivity index (χ2n) is 6.50. The fourth-order valence-electron chi connectivity index (χ4n) is 2.93. The van der Waals surface area contributed by atoms with Crippen molar-refractivity contribution < 1.29 is 23.8 Å². The van der Waals surface area contributed by atoms with Crippen LogP contribution in [0, 0.1) is 5.92 Å². The quantitative estimate of drug-likeness (QED) is 0.678. The molecule has 2 amide bonds. The maximum atomic E-state index is 12.9. The van der Waals surface area contributed by atoms with Gasteiger partial charge in [-0.2, -0.15) is 0 Å². The monoisotopic (exact) mass is 396 g/mol. The highest BCUT2D eigenvalue weighted by molar-refractivity contribution is 7.99. The molecule has 0 unspecified atom stereocenters. The maximum absolute atomic E-state index is 12.9. The second-order valence-corrected chi connectivity index (χ2v) is 7.61. The average molecular weight is 397 g/mol. The third-order valence-electron chi connectivity index (χ3n) is 4.35. The zero-order valence-electron chi connectivity index (χ0n) is 16.5. The molecule has 1 N–H and O–H groups in total. The summed E-state index contributed by atoms with van der Waals surface area (Å²) in [4.78, 5) is 27.2. The van der Waals surface area contributed by atoms with Gasteiger partial charge in [0, 0.05) is 25.3 Å². The molecule has 0 radical (unpaired) electrons. The lowest BCUT2D eigenvalue weighted by Gasteiger charge is -2.30. The van der Waals surface area contributed by atoms with Gasteiger partial charge in [0.25, 0.3) is 0 Å². The molecule has 1 aromatic rings. The van der Waals surface area contributed by atoms with E-state index in [1.54, 1.807) is 38.0 Å². The topological polar surface area (TPSA) is 77.1 Å². The van der Waals surface area contributed by atoms with Crippen LogP contribution in [0.2, 0.25) is 0 Å². The Hall–Kier alpha value is -1.93. The standard InChI is InChI=1S/C19H28N2O5S/c1-12(2)18(23)21-14(17(22)20-8-9-24-3)11-27-19(21)13-6-7-15(25-4)16(10-13)26-5/h6-7,10,12,14,19H,8-9,11H2,1-5H3,(H,20,22)/t14-,19-/m1/s1. The van der Waals surface area contributed by atoms with Gasteiger partial charge in [0.1, 0.15) is 11.4 Å². The maximum Gasteiger partial charge on any atom is 0.243 e. The van der Waals surface area contributed by atoms with Gasteiger partial charge in [-0.15, -0.1) is 11.8 Å². The van der Waals surface area contributed by atoms with Crippen LogP contribution in [-0.4, -0.2) is 63.0 Å². The molecule has 1 saturated heterocycles. The van der Waals surface area contributed by atoms with Gasteiger partial charge in [-0.25, -0.2) is 0 Å². The van der Waals surface area contributed by atoms with Crippen LogP contribution in [0.3, 0.4) is 0 Å². The molecule has 8 heteroatoms. The van der Waals surface area contributed by atoms with E-state index in [0.717, 1.165) is 5.56 Å². The van der Waals surface area contributed by atoms with Gasteiger partial charge in [-0.05, 0) is 17.7 Å². The van der Waals surface area contributed by atoms with Gasteiger partial charge in [0.05, 0.1) is 20.8 Å².